The van der Waals surface area contributed by atoms with E-state index in [1.54, 1.807) is 53.2 Å². The van der Waals surface area contributed by atoms with Gasteiger partial charge in [-0.1, -0.05) is 41.4 Å². The lowest BCUT2D eigenvalue weighted by Gasteiger charge is -2.17. The molecule has 0 bridgehead atoms. The van der Waals surface area contributed by atoms with E-state index in [0.717, 1.165) is 17.7 Å². The quantitative estimate of drug-likeness (QED) is 0.182. The van der Waals surface area contributed by atoms with Crippen molar-refractivity contribution in [1.82, 2.24) is 20.1 Å². The number of hydrogen-bond acceptors (Lipinski definition) is 4. The predicted octanol–water partition coefficient (Wildman–Crippen LogP) is 7.90. The summed E-state index contributed by atoms with van der Waals surface area (Å²) in [5.74, 6) is -1.40. The van der Waals surface area contributed by atoms with E-state index in [-0.39, 0.29) is 24.5 Å². The van der Waals surface area contributed by atoms with E-state index in [0.29, 0.717) is 43.5 Å². The number of carboxylic acids is 1. The molecule has 1 amide bonds. The van der Waals surface area contributed by atoms with Crippen molar-refractivity contribution in [2.75, 3.05) is 6.54 Å². The molecule has 0 spiro atoms. The van der Waals surface area contributed by atoms with Gasteiger partial charge in [-0.25, -0.2) is 0 Å². The van der Waals surface area contributed by atoms with Gasteiger partial charge in [-0.3, -0.25) is 19.3 Å². The Balaban J connectivity index is 1.53. The second kappa shape index (κ2) is 12.1. The highest BCUT2D eigenvalue weighted by Crippen LogP contribution is 2.35. The Morgan fingerprint density at radius 1 is 0.953 bits per heavy atom. The van der Waals surface area contributed by atoms with Crippen LogP contribution in [0.2, 0.25) is 10.0 Å². The van der Waals surface area contributed by atoms with Gasteiger partial charge in [0.25, 0.3) is 5.91 Å². The lowest BCUT2D eigenvalue weighted by Crippen LogP contribution is -2.26. The van der Waals surface area contributed by atoms with Gasteiger partial charge in [0, 0.05) is 44.9 Å². The van der Waals surface area contributed by atoms with Crippen LogP contribution < -0.4 is 5.32 Å². The second-order valence-corrected chi connectivity index (χ2v) is 10.7. The molecule has 2 heterocycles. The van der Waals surface area contributed by atoms with E-state index >= 15 is 0 Å². The zero-order chi connectivity index (χ0) is 30.9. The van der Waals surface area contributed by atoms with Crippen LogP contribution in [0, 0.1) is 0 Å². The lowest BCUT2D eigenvalue weighted by molar-refractivity contribution is -0.138. The summed E-state index contributed by atoms with van der Waals surface area (Å²) in [4.78, 5) is 27.4. The van der Waals surface area contributed by atoms with Gasteiger partial charge in [0.1, 0.15) is 0 Å². The molecule has 2 aromatic heterocycles. The van der Waals surface area contributed by atoms with Gasteiger partial charge in [0.05, 0.1) is 34.9 Å². The maximum Gasteiger partial charge on any atom is 0.416 e. The molecule has 2 N–H and O–H groups in total. The van der Waals surface area contributed by atoms with Gasteiger partial charge in [0.2, 0.25) is 0 Å². The van der Waals surface area contributed by atoms with Crippen molar-refractivity contribution >= 4 is 46.0 Å². The minimum Gasteiger partial charge on any atom is -0.481 e. The standard InChI is InChI=1S/C31H23Cl2F3N4O3/c1-17(18-2-4-19(5-3-18)30(43)37-9-8-29(41)42)40-28(15-27(39-40)21-11-24(32)14-25(33)12-21)22-10-20-6-7-23(31(34,35)36)13-26(20)38-16-22/h2-7,10-17H,8-9H2,1H3,(H,37,43)(H,41,42). The Morgan fingerprint density at radius 2 is 1.65 bits per heavy atom. The minimum atomic E-state index is -4.48. The fourth-order valence-corrected chi connectivity index (χ4v) is 5.15. The van der Waals surface area contributed by atoms with Crippen LogP contribution in [0.1, 0.15) is 40.9 Å². The van der Waals surface area contributed by atoms with Crippen LogP contribution in [0.3, 0.4) is 0 Å². The Bertz CT molecular complexity index is 1820. The summed E-state index contributed by atoms with van der Waals surface area (Å²) < 4.78 is 41.5. The molecular weight excluding hydrogens is 604 g/mol. The molecule has 5 rings (SSSR count). The monoisotopic (exact) mass is 626 g/mol. The maximum absolute atomic E-state index is 13.2. The van der Waals surface area contributed by atoms with Crippen LogP contribution in [0.15, 0.2) is 79.0 Å². The normalized spacial score (nSPS) is 12.3. The minimum absolute atomic E-state index is 0.0105. The van der Waals surface area contributed by atoms with E-state index in [2.05, 4.69) is 10.3 Å². The summed E-state index contributed by atoms with van der Waals surface area (Å²) in [5.41, 5.74) is 3.10. The third-order valence-corrected chi connectivity index (χ3v) is 7.28. The topological polar surface area (TPSA) is 97.1 Å². The largest absolute Gasteiger partial charge is 0.481 e. The summed E-state index contributed by atoms with van der Waals surface area (Å²) in [6.45, 7) is 1.92. The second-order valence-electron chi connectivity index (χ2n) is 9.84. The van der Waals surface area contributed by atoms with Gasteiger partial charge in [-0.15, -0.1) is 0 Å². The number of hydrogen-bond donors (Lipinski definition) is 2. The zero-order valence-corrected chi connectivity index (χ0v) is 24.0. The molecule has 43 heavy (non-hydrogen) atoms. The third-order valence-electron chi connectivity index (χ3n) is 6.85. The number of nitrogens with zero attached hydrogens (tertiary/aromatic N) is 3. The molecule has 0 saturated heterocycles. The van der Waals surface area contributed by atoms with E-state index in [1.165, 1.54) is 12.3 Å². The molecule has 3 aromatic carbocycles. The molecule has 0 aliphatic heterocycles. The lowest BCUT2D eigenvalue weighted by atomic mass is 10.0. The summed E-state index contributed by atoms with van der Waals surface area (Å²) >= 11 is 12.5. The number of amides is 1. The molecule has 0 radical (unpaired) electrons. The molecule has 0 fully saturated rings. The molecule has 220 valence electrons. The maximum atomic E-state index is 13.2. The molecule has 0 aliphatic carbocycles. The molecule has 1 unspecified atom stereocenters. The highest BCUT2D eigenvalue weighted by Gasteiger charge is 2.30. The smallest absolute Gasteiger partial charge is 0.416 e. The number of carbonyl (C=O) groups is 2. The fraction of sp³-hybridized carbons (Fsp3) is 0.161. The van der Waals surface area contributed by atoms with Crippen molar-refractivity contribution in [2.45, 2.75) is 25.6 Å². The van der Waals surface area contributed by atoms with Crippen molar-refractivity contribution in [3.8, 4) is 22.5 Å². The number of carbonyl (C=O) groups excluding carboxylic acids is 1. The number of halogens is 5. The van der Waals surface area contributed by atoms with E-state index in [9.17, 15) is 22.8 Å². The number of rotatable bonds is 8. The van der Waals surface area contributed by atoms with Crippen molar-refractivity contribution in [3.63, 3.8) is 0 Å². The molecule has 1 atom stereocenters. The average molecular weight is 627 g/mol. The van der Waals surface area contributed by atoms with Crippen molar-refractivity contribution < 1.29 is 27.9 Å². The Labute approximate surface area is 253 Å². The highest BCUT2D eigenvalue weighted by molar-refractivity contribution is 6.35. The molecule has 0 aliphatic rings. The first-order valence-corrected chi connectivity index (χ1v) is 13.8. The molecule has 7 nitrogen and oxygen atoms in total. The number of nitrogens with one attached hydrogen (secondary N) is 1. The van der Waals surface area contributed by atoms with Crippen molar-refractivity contribution in [1.29, 1.82) is 0 Å². The SMILES string of the molecule is CC(c1ccc(C(=O)NCCC(=O)O)cc1)n1nc(-c2cc(Cl)cc(Cl)c2)cc1-c1cnc2cc(C(F)(F)F)ccc2c1. The number of fused-ring (bicyclic) bond motifs is 1. The summed E-state index contributed by atoms with van der Waals surface area (Å²) in [7, 11) is 0. The van der Waals surface area contributed by atoms with E-state index in [4.69, 9.17) is 33.4 Å². The molecule has 12 heteroatoms. The summed E-state index contributed by atoms with van der Waals surface area (Å²) in [6.07, 6.45) is -3.16. The van der Waals surface area contributed by atoms with Gasteiger partial charge in [-0.05, 0) is 67.1 Å². The number of benzene rings is 3. The zero-order valence-electron chi connectivity index (χ0n) is 22.5. The van der Waals surface area contributed by atoms with E-state index in [1.807, 2.05) is 13.0 Å². The van der Waals surface area contributed by atoms with Crippen molar-refractivity contribution in [2.24, 2.45) is 0 Å². The van der Waals surface area contributed by atoms with Gasteiger partial charge >= 0.3 is 12.1 Å². The molecule has 0 saturated carbocycles. The van der Waals surface area contributed by atoms with Crippen molar-refractivity contribution in [3.05, 3.63) is 106 Å². The first-order chi connectivity index (χ1) is 20.4. The first kappa shape index (κ1) is 30.1. The summed E-state index contributed by atoms with van der Waals surface area (Å²) in [6, 6.07) is 18.5. The number of aromatic nitrogens is 3. The van der Waals surface area contributed by atoms with Crippen LogP contribution in [-0.2, 0) is 11.0 Å². The number of carboxylic acid groups (broad SMARTS) is 1. The number of aliphatic carboxylic acids is 1. The van der Waals surface area contributed by atoms with Gasteiger partial charge in [-0.2, -0.15) is 18.3 Å². The number of alkyl halides is 3. The van der Waals surface area contributed by atoms with Crippen LogP contribution in [-0.4, -0.2) is 38.3 Å². The number of pyridine rings is 1. The molecule has 5 aromatic rings. The van der Waals surface area contributed by atoms with Crippen LogP contribution in [0.4, 0.5) is 13.2 Å². The van der Waals surface area contributed by atoms with Gasteiger partial charge in [0.15, 0.2) is 0 Å². The highest BCUT2D eigenvalue weighted by atomic mass is 35.5. The third kappa shape index (κ3) is 6.81. The van der Waals surface area contributed by atoms with Crippen LogP contribution in [0.25, 0.3) is 33.4 Å². The fourth-order valence-electron chi connectivity index (χ4n) is 4.63. The predicted molar refractivity (Wildman–Crippen MR) is 158 cm³/mol. The van der Waals surface area contributed by atoms with E-state index < -0.39 is 23.6 Å². The Hall–Kier alpha value is -4.41. The average Bonchev–Trinajstić information content (AvgIpc) is 3.41. The van der Waals surface area contributed by atoms with Crippen LogP contribution in [0.5, 0.6) is 0 Å². The van der Waals surface area contributed by atoms with Gasteiger partial charge < -0.3 is 10.4 Å². The first-order valence-electron chi connectivity index (χ1n) is 13.0. The summed E-state index contributed by atoms with van der Waals surface area (Å²) in [5, 5.41) is 17.6. The molecular formula is C31H23Cl2F3N4O3. The van der Waals surface area contributed by atoms with Crippen LogP contribution >= 0.6 is 23.2 Å². The Morgan fingerprint density at radius 3 is 2.30 bits per heavy atom. The Kier molecular flexibility index (Phi) is 8.43.